The van der Waals surface area contributed by atoms with Gasteiger partial charge < -0.3 is 10.1 Å². The average molecular weight is 270 g/mol. The van der Waals surface area contributed by atoms with E-state index >= 15 is 0 Å². The zero-order valence-electron chi connectivity index (χ0n) is 11.0. The molecule has 0 spiro atoms. The summed E-state index contributed by atoms with van der Waals surface area (Å²) in [6, 6.07) is 10.1. The number of ether oxygens (including phenoxy) is 1. The number of carbonyl (C=O) groups excluding carboxylic acids is 2. The van der Waals surface area contributed by atoms with Crippen molar-refractivity contribution in [2.24, 2.45) is 0 Å². The molecule has 0 radical (unpaired) electrons. The van der Waals surface area contributed by atoms with E-state index in [1.54, 1.807) is 48.8 Å². The van der Waals surface area contributed by atoms with Gasteiger partial charge in [-0.2, -0.15) is 0 Å². The summed E-state index contributed by atoms with van der Waals surface area (Å²) in [6.45, 7) is 1.39. The molecule has 20 heavy (non-hydrogen) atoms. The predicted octanol–water partition coefficient (Wildman–Crippen LogP) is 2.30. The van der Waals surface area contributed by atoms with Gasteiger partial charge in [-0.3, -0.25) is 14.6 Å². The zero-order valence-corrected chi connectivity index (χ0v) is 11.0. The first kappa shape index (κ1) is 13.7. The first-order chi connectivity index (χ1) is 9.65. The van der Waals surface area contributed by atoms with Crippen LogP contribution in [0.4, 0.5) is 5.69 Å². The van der Waals surface area contributed by atoms with Gasteiger partial charge >= 0.3 is 0 Å². The maximum Gasteiger partial charge on any atom is 0.262 e. The van der Waals surface area contributed by atoms with E-state index < -0.39 is 0 Å². The summed E-state index contributed by atoms with van der Waals surface area (Å²) < 4.78 is 5.33. The standard InChI is InChI=1S/C15H14N2O3/c1-11(18)12-4-6-14(7-5-12)20-10-15(19)17-13-3-2-8-16-9-13/h2-9H,10H2,1H3,(H,17,19). The largest absolute Gasteiger partial charge is 0.484 e. The second-order valence-corrected chi connectivity index (χ2v) is 4.16. The number of pyridine rings is 1. The normalized spacial score (nSPS) is 9.85. The molecule has 1 amide bonds. The number of aromatic nitrogens is 1. The highest BCUT2D eigenvalue weighted by molar-refractivity contribution is 5.94. The van der Waals surface area contributed by atoms with Gasteiger partial charge in [0.15, 0.2) is 12.4 Å². The molecule has 0 saturated heterocycles. The molecule has 0 saturated carbocycles. The van der Waals surface area contributed by atoms with Gasteiger partial charge in [-0.25, -0.2) is 0 Å². The van der Waals surface area contributed by atoms with Gasteiger partial charge in [0.2, 0.25) is 0 Å². The van der Waals surface area contributed by atoms with Crippen molar-refractivity contribution in [3.63, 3.8) is 0 Å². The molecule has 1 aromatic heterocycles. The number of benzene rings is 1. The Bertz CT molecular complexity index is 594. The molecule has 0 bridgehead atoms. The number of anilines is 1. The van der Waals surface area contributed by atoms with Crippen molar-refractivity contribution in [3.8, 4) is 5.75 Å². The van der Waals surface area contributed by atoms with Gasteiger partial charge in [0, 0.05) is 11.8 Å². The summed E-state index contributed by atoms with van der Waals surface area (Å²) in [5.41, 5.74) is 1.23. The van der Waals surface area contributed by atoms with Crippen LogP contribution < -0.4 is 10.1 Å². The van der Waals surface area contributed by atoms with Crippen LogP contribution in [0.2, 0.25) is 0 Å². The summed E-state index contributed by atoms with van der Waals surface area (Å²) in [6.07, 6.45) is 3.18. The smallest absolute Gasteiger partial charge is 0.262 e. The lowest BCUT2D eigenvalue weighted by atomic mass is 10.1. The number of nitrogens with zero attached hydrogens (tertiary/aromatic N) is 1. The predicted molar refractivity (Wildman–Crippen MR) is 74.8 cm³/mol. The van der Waals surface area contributed by atoms with Crippen LogP contribution >= 0.6 is 0 Å². The lowest BCUT2D eigenvalue weighted by Gasteiger charge is -2.07. The molecule has 102 valence electrons. The summed E-state index contributed by atoms with van der Waals surface area (Å²) >= 11 is 0. The molecule has 5 nitrogen and oxygen atoms in total. The average Bonchev–Trinajstić information content (AvgIpc) is 2.46. The monoisotopic (exact) mass is 270 g/mol. The topological polar surface area (TPSA) is 68.3 Å². The number of hydrogen-bond acceptors (Lipinski definition) is 4. The fourth-order valence-electron chi connectivity index (χ4n) is 1.57. The van der Waals surface area contributed by atoms with Crippen LogP contribution in [0.5, 0.6) is 5.75 Å². The Kier molecular flexibility index (Phi) is 4.44. The highest BCUT2D eigenvalue weighted by atomic mass is 16.5. The minimum absolute atomic E-state index is 0.00845. The third kappa shape index (κ3) is 3.91. The molecule has 0 fully saturated rings. The van der Waals surface area contributed by atoms with E-state index in [0.717, 1.165) is 0 Å². The van der Waals surface area contributed by atoms with Crippen LogP contribution in [0, 0.1) is 0 Å². The Balaban J connectivity index is 1.85. The number of rotatable bonds is 5. The van der Waals surface area contributed by atoms with Gasteiger partial charge in [0.1, 0.15) is 5.75 Å². The van der Waals surface area contributed by atoms with E-state index in [-0.39, 0.29) is 18.3 Å². The van der Waals surface area contributed by atoms with Crippen molar-refractivity contribution in [2.75, 3.05) is 11.9 Å². The number of carbonyl (C=O) groups is 2. The summed E-state index contributed by atoms with van der Waals surface area (Å²) in [4.78, 5) is 26.7. The Labute approximate surface area is 116 Å². The van der Waals surface area contributed by atoms with Gasteiger partial charge in [-0.05, 0) is 43.3 Å². The third-order valence-corrected chi connectivity index (χ3v) is 2.58. The first-order valence-electron chi connectivity index (χ1n) is 6.09. The highest BCUT2D eigenvalue weighted by Crippen LogP contribution is 2.12. The lowest BCUT2D eigenvalue weighted by molar-refractivity contribution is -0.118. The molecular formula is C15H14N2O3. The summed E-state index contributed by atoms with van der Waals surface area (Å²) in [5.74, 6) is 0.260. The maximum atomic E-state index is 11.6. The summed E-state index contributed by atoms with van der Waals surface area (Å²) in [5, 5.41) is 2.66. The number of amides is 1. The SMILES string of the molecule is CC(=O)c1ccc(OCC(=O)Nc2cccnc2)cc1. The van der Waals surface area contributed by atoms with E-state index in [9.17, 15) is 9.59 Å². The van der Waals surface area contributed by atoms with Crippen molar-refractivity contribution in [2.45, 2.75) is 6.92 Å². The number of nitrogens with one attached hydrogen (secondary N) is 1. The molecule has 1 N–H and O–H groups in total. The molecule has 0 unspecified atom stereocenters. The molecular weight excluding hydrogens is 256 g/mol. The quantitative estimate of drug-likeness (QED) is 0.846. The molecule has 0 aliphatic heterocycles. The van der Waals surface area contributed by atoms with Crippen LogP contribution in [0.25, 0.3) is 0 Å². The van der Waals surface area contributed by atoms with Crippen molar-refractivity contribution in [1.29, 1.82) is 0 Å². The van der Waals surface area contributed by atoms with Crippen LogP contribution in [-0.2, 0) is 4.79 Å². The van der Waals surface area contributed by atoms with E-state index in [1.165, 1.54) is 6.92 Å². The number of hydrogen-bond donors (Lipinski definition) is 1. The van der Waals surface area contributed by atoms with E-state index in [0.29, 0.717) is 17.0 Å². The van der Waals surface area contributed by atoms with Gasteiger partial charge in [0.25, 0.3) is 5.91 Å². The number of Topliss-reactive ketones (excluding diaryl/α,β-unsaturated/α-hetero) is 1. The molecule has 0 aliphatic carbocycles. The van der Waals surface area contributed by atoms with Gasteiger partial charge in [-0.1, -0.05) is 0 Å². The second kappa shape index (κ2) is 6.47. The molecule has 0 atom stereocenters. The minimum atomic E-state index is -0.270. The molecule has 1 aromatic carbocycles. The molecule has 2 aromatic rings. The number of ketones is 1. The Morgan fingerprint density at radius 3 is 2.55 bits per heavy atom. The van der Waals surface area contributed by atoms with Crippen molar-refractivity contribution in [1.82, 2.24) is 4.98 Å². The third-order valence-electron chi connectivity index (χ3n) is 2.58. The van der Waals surface area contributed by atoms with Crippen molar-refractivity contribution in [3.05, 3.63) is 54.4 Å². The molecule has 0 aliphatic rings. The highest BCUT2D eigenvalue weighted by Gasteiger charge is 2.04. The van der Waals surface area contributed by atoms with E-state index in [2.05, 4.69) is 10.3 Å². The lowest BCUT2D eigenvalue weighted by Crippen LogP contribution is -2.20. The van der Waals surface area contributed by atoms with Gasteiger partial charge in [0.05, 0.1) is 11.9 Å². The molecule has 2 rings (SSSR count). The second-order valence-electron chi connectivity index (χ2n) is 4.16. The first-order valence-corrected chi connectivity index (χ1v) is 6.09. The minimum Gasteiger partial charge on any atom is -0.484 e. The fourth-order valence-corrected chi connectivity index (χ4v) is 1.57. The van der Waals surface area contributed by atoms with Crippen LogP contribution in [-0.4, -0.2) is 23.3 Å². The summed E-state index contributed by atoms with van der Waals surface area (Å²) in [7, 11) is 0. The van der Waals surface area contributed by atoms with E-state index in [4.69, 9.17) is 4.74 Å². The molecule has 5 heteroatoms. The Morgan fingerprint density at radius 1 is 1.20 bits per heavy atom. The van der Waals surface area contributed by atoms with Gasteiger partial charge in [-0.15, -0.1) is 0 Å². The van der Waals surface area contributed by atoms with Crippen molar-refractivity contribution >= 4 is 17.4 Å². The fraction of sp³-hybridized carbons (Fsp3) is 0.133. The Morgan fingerprint density at radius 2 is 1.95 bits per heavy atom. The zero-order chi connectivity index (χ0) is 14.4. The maximum absolute atomic E-state index is 11.6. The molecule has 1 heterocycles. The van der Waals surface area contributed by atoms with Crippen LogP contribution in [0.3, 0.4) is 0 Å². The van der Waals surface area contributed by atoms with Crippen LogP contribution in [0.15, 0.2) is 48.8 Å². The Hall–Kier alpha value is -2.69. The van der Waals surface area contributed by atoms with E-state index in [1.807, 2.05) is 0 Å². The van der Waals surface area contributed by atoms with Crippen LogP contribution in [0.1, 0.15) is 17.3 Å². The van der Waals surface area contributed by atoms with Crippen molar-refractivity contribution < 1.29 is 14.3 Å².